The maximum Gasteiger partial charge on any atom is 0.170 e. The van der Waals surface area contributed by atoms with Crippen molar-refractivity contribution in [2.45, 2.75) is 26.4 Å². The number of methoxy groups -OCH3 is 1. The summed E-state index contributed by atoms with van der Waals surface area (Å²) >= 11 is 0. The molecule has 3 N–H and O–H groups in total. The molecule has 1 aromatic carbocycles. The summed E-state index contributed by atoms with van der Waals surface area (Å²) in [7, 11) is 1.65. The Bertz CT molecular complexity index is 464. The molecular weight excluding hydrogens is 261 g/mol. The molecule has 0 fully saturated rings. The normalized spacial score (nSPS) is 12.4. The number of nitrogens with zero attached hydrogens (tertiary/aromatic N) is 2. The molecule has 0 saturated carbocycles. The summed E-state index contributed by atoms with van der Waals surface area (Å²) < 4.78 is 18.4. The van der Waals surface area contributed by atoms with Crippen molar-refractivity contribution >= 4 is 5.84 Å². The number of hydrogen-bond acceptors (Lipinski definition) is 4. The minimum Gasteiger partial charge on any atom is -0.409 e. The van der Waals surface area contributed by atoms with Crippen LogP contribution in [0.3, 0.4) is 0 Å². The first-order valence-electron chi connectivity index (χ1n) is 6.49. The van der Waals surface area contributed by atoms with Gasteiger partial charge in [-0.15, -0.1) is 0 Å². The predicted octanol–water partition coefficient (Wildman–Crippen LogP) is 1.78. The average Bonchev–Trinajstić information content (AvgIpc) is 2.43. The number of hydrogen-bond donors (Lipinski definition) is 2. The molecule has 0 unspecified atom stereocenters. The molecule has 0 aliphatic rings. The van der Waals surface area contributed by atoms with Crippen LogP contribution in [0.15, 0.2) is 23.4 Å². The van der Waals surface area contributed by atoms with Crippen LogP contribution in [0.1, 0.15) is 25.0 Å². The number of amidine groups is 1. The van der Waals surface area contributed by atoms with Crippen LogP contribution in [0.5, 0.6) is 0 Å². The zero-order valence-electron chi connectivity index (χ0n) is 12.1. The van der Waals surface area contributed by atoms with Gasteiger partial charge in [-0.05, 0) is 31.5 Å². The molecule has 0 aliphatic carbocycles. The highest BCUT2D eigenvalue weighted by molar-refractivity contribution is 5.98. The maximum absolute atomic E-state index is 13.3. The van der Waals surface area contributed by atoms with Gasteiger partial charge < -0.3 is 15.7 Å². The molecular formula is C14H22FN3O2. The summed E-state index contributed by atoms with van der Waals surface area (Å²) in [6.07, 6.45) is 0. The molecule has 0 spiro atoms. The van der Waals surface area contributed by atoms with E-state index in [1.165, 1.54) is 12.1 Å². The third-order valence-corrected chi connectivity index (χ3v) is 3.14. The Labute approximate surface area is 118 Å². The van der Waals surface area contributed by atoms with Crippen LogP contribution in [-0.4, -0.2) is 42.2 Å². The Kier molecular flexibility index (Phi) is 6.41. The molecule has 0 aliphatic heterocycles. The van der Waals surface area contributed by atoms with E-state index in [2.05, 4.69) is 23.9 Å². The van der Waals surface area contributed by atoms with Crippen LogP contribution in [0.25, 0.3) is 0 Å². The molecule has 0 saturated heterocycles. The van der Waals surface area contributed by atoms with Crippen LogP contribution in [-0.2, 0) is 11.3 Å². The minimum atomic E-state index is -0.414. The second kappa shape index (κ2) is 7.81. The highest BCUT2D eigenvalue weighted by Crippen LogP contribution is 2.15. The molecule has 0 atom stereocenters. The van der Waals surface area contributed by atoms with Gasteiger partial charge in [-0.2, -0.15) is 0 Å². The lowest BCUT2D eigenvalue weighted by Crippen LogP contribution is -2.34. The highest BCUT2D eigenvalue weighted by Gasteiger charge is 2.15. The van der Waals surface area contributed by atoms with Crippen LogP contribution >= 0.6 is 0 Å². The molecule has 20 heavy (non-hydrogen) atoms. The first-order chi connectivity index (χ1) is 9.49. The average molecular weight is 283 g/mol. The Morgan fingerprint density at radius 3 is 2.75 bits per heavy atom. The molecule has 1 aromatic rings. The van der Waals surface area contributed by atoms with Crippen molar-refractivity contribution in [3.63, 3.8) is 0 Å². The third-order valence-electron chi connectivity index (χ3n) is 3.14. The van der Waals surface area contributed by atoms with Crippen LogP contribution in [0, 0.1) is 5.82 Å². The molecule has 0 amide bonds. The van der Waals surface area contributed by atoms with E-state index in [9.17, 15) is 4.39 Å². The van der Waals surface area contributed by atoms with Crippen molar-refractivity contribution in [3.05, 3.63) is 35.1 Å². The molecule has 1 rings (SSSR count). The molecule has 5 nitrogen and oxygen atoms in total. The van der Waals surface area contributed by atoms with E-state index in [1.807, 2.05) is 0 Å². The largest absolute Gasteiger partial charge is 0.409 e. The summed E-state index contributed by atoms with van der Waals surface area (Å²) in [4.78, 5) is 2.17. The van der Waals surface area contributed by atoms with Crippen LogP contribution in [0.2, 0.25) is 0 Å². The van der Waals surface area contributed by atoms with E-state index in [-0.39, 0.29) is 5.84 Å². The van der Waals surface area contributed by atoms with Crippen LogP contribution < -0.4 is 5.73 Å². The van der Waals surface area contributed by atoms with Gasteiger partial charge in [0.05, 0.1) is 6.61 Å². The topological polar surface area (TPSA) is 71.1 Å². The van der Waals surface area contributed by atoms with Crippen molar-refractivity contribution in [1.82, 2.24) is 4.90 Å². The van der Waals surface area contributed by atoms with Gasteiger partial charge in [0.25, 0.3) is 0 Å². The third kappa shape index (κ3) is 4.47. The van der Waals surface area contributed by atoms with E-state index in [4.69, 9.17) is 15.7 Å². The number of halogens is 1. The van der Waals surface area contributed by atoms with Crippen molar-refractivity contribution in [2.75, 3.05) is 20.3 Å². The lowest BCUT2D eigenvalue weighted by atomic mass is 10.1. The van der Waals surface area contributed by atoms with Gasteiger partial charge in [0.2, 0.25) is 0 Å². The van der Waals surface area contributed by atoms with Gasteiger partial charge in [0, 0.05) is 31.8 Å². The van der Waals surface area contributed by atoms with Gasteiger partial charge in [-0.1, -0.05) is 11.2 Å². The fourth-order valence-electron chi connectivity index (χ4n) is 1.93. The Morgan fingerprint density at radius 2 is 2.20 bits per heavy atom. The standard InChI is InChI=1S/C14H22FN3O2/c1-10(2)18(6-7-20-3)9-11-4-5-12(15)8-13(11)14(16)17-19/h4-5,8,10,19H,6-7,9H2,1-3H3,(H2,16,17). The molecule has 6 heteroatoms. The number of ether oxygens (including phenoxy) is 1. The number of nitrogens with two attached hydrogens (primary N) is 1. The lowest BCUT2D eigenvalue weighted by Gasteiger charge is -2.27. The fraction of sp³-hybridized carbons (Fsp3) is 0.500. The van der Waals surface area contributed by atoms with Gasteiger partial charge in [0.1, 0.15) is 5.82 Å². The SMILES string of the molecule is COCCN(Cc1ccc(F)cc1/C(N)=N/O)C(C)C. The molecule has 0 heterocycles. The first-order valence-corrected chi connectivity index (χ1v) is 6.49. The molecule has 0 aromatic heterocycles. The van der Waals surface area contributed by atoms with Gasteiger partial charge in [-0.3, -0.25) is 4.90 Å². The van der Waals surface area contributed by atoms with E-state index in [0.717, 1.165) is 12.1 Å². The predicted molar refractivity (Wildman–Crippen MR) is 76.3 cm³/mol. The van der Waals surface area contributed by atoms with E-state index in [1.54, 1.807) is 13.2 Å². The van der Waals surface area contributed by atoms with Crippen LogP contribution in [0.4, 0.5) is 4.39 Å². The molecule has 0 bridgehead atoms. The van der Waals surface area contributed by atoms with E-state index >= 15 is 0 Å². The Balaban J connectivity index is 3.00. The second-order valence-electron chi connectivity index (χ2n) is 4.84. The van der Waals surface area contributed by atoms with Crippen molar-refractivity contribution in [3.8, 4) is 0 Å². The first kappa shape index (κ1) is 16.4. The Hall–Kier alpha value is -1.66. The van der Waals surface area contributed by atoms with Gasteiger partial charge >= 0.3 is 0 Å². The molecule has 0 radical (unpaired) electrons. The Morgan fingerprint density at radius 1 is 1.50 bits per heavy atom. The highest BCUT2D eigenvalue weighted by atomic mass is 19.1. The van der Waals surface area contributed by atoms with Crippen molar-refractivity contribution in [1.29, 1.82) is 0 Å². The second-order valence-corrected chi connectivity index (χ2v) is 4.84. The van der Waals surface area contributed by atoms with Crippen molar-refractivity contribution < 1.29 is 14.3 Å². The molecule has 112 valence electrons. The summed E-state index contributed by atoms with van der Waals surface area (Å²) in [5.74, 6) is -0.502. The van der Waals surface area contributed by atoms with E-state index in [0.29, 0.717) is 24.8 Å². The number of rotatable bonds is 7. The summed E-state index contributed by atoms with van der Waals surface area (Å²) in [5, 5.41) is 11.8. The summed E-state index contributed by atoms with van der Waals surface area (Å²) in [5.41, 5.74) is 6.83. The zero-order valence-corrected chi connectivity index (χ0v) is 12.1. The number of benzene rings is 1. The monoisotopic (exact) mass is 283 g/mol. The quantitative estimate of drug-likeness (QED) is 0.346. The van der Waals surface area contributed by atoms with Gasteiger partial charge in [-0.25, -0.2) is 4.39 Å². The summed E-state index contributed by atoms with van der Waals surface area (Å²) in [6.45, 7) is 6.08. The number of oxime groups is 1. The smallest absolute Gasteiger partial charge is 0.170 e. The lowest BCUT2D eigenvalue weighted by molar-refractivity contribution is 0.125. The van der Waals surface area contributed by atoms with Gasteiger partial charge in [0.15, 0.2) is 5.84 Å². The summed E-state index contributed by atoms with van der Waals surface area (Å²) in [6, 6.07) is 4.61. The van der Waals surface area contributed by atoms with E-state index < -0.39 is 5.82 Å². The zero-order chi connectivity index (χ0) is 15.1. The van der Waals surface area contributed by atoms with Crippen molar-refractivity contribution in [2.24, 2.45) is 10.9 Å². The maximum atomic E-state index is 13.3. The minimum absolute atomic E-state index is 0.0880. The fourth-order valence-corrected chi connectivity index (χ4v) is 1.93.